The van der Waals surface area contributed by atoms with Crippen molar-refractivity contribution in [1.82, 2.24) is 9.62 Å². The summed E-state index contributed by atoms with van der Waals surface area (Å²) in [5.74, 6) is 0. The summed E-state index contributed by atoms with van der Waals surface area (Å²) in [6, 6.07) is 2.49. The summed E-state index contributed by atoms with van der Waals surface area (Å²) in [6.45, 7) is 6.36. The summed E-state index contributed by atoms with van der Waals surface area (Å²) in [7, 11) is -3.32. The van der Waals surface area contributed by atoms with Gasteiger partial charge in [0.2, 0.25) is 10.0 Å². The Bertz CT molecular complexity index is 603. The fourth-order valence-electron chi connectivity index (χ4n) is 2.84. The normalized spacial score (nSPS) is 23.3. The molecule has 4 nitrogen and oxygen atoms in total. The van der Waals surface area contributed by atoms with Crippen molar-refractivity contribution in [1.29, 1.82) is 0 Å². The third kappa shape index (κ3) is 3.67. The fraction of sp³-hybridized carbons (Fsp3) is 0.733. The number of rotatable bonds is 5. The molecule has 1 N–H and O–H groups in total. The molecule has 0 amide bonds. The Labute approximate surface area is 131 Å². The number of sulfonamides is 1. The minimum absolute atomic E-state index is 0.0811. The smallest absolute Gasteiger partial charge is 0.243 e. The third-order valence-corrected chi connectivity index (χ3v) is 7.18. The molecule has 1 aliphatic carbocycles. The molecule has 1 saturated heterocycles. The second-order valence-electron chi connectivity index (χ2n) is 7.01. The molecule has 0 radical (unpaired) electrons. The lowest BCUT2D eigenvalue weighted by atomic mass is 9.85. The lowest BCUT2D eigenvalue weighted by Gasteiger charge is -2.36. The molecule has 1 aromatic rings. The first-order valence-electron chi connectivity index (χ1n) is 7.68. The van der Waals surface area contributed by atoms with E-state index in [-0.39, 0.29) is 5.41 Å². The van der Waals surface area contributed by atoms with Gasteiger partial charge in [-0.1, -0.05) is 13.8 Å². The van der Waals surface area contributed by atoms with Crippen LogP contribution in [-0.4, -0.2) is 31.9 Å². The molecule has 1 aromatic heterocycles. The molecule has 1 aliphatic heterocycles. The average Bonchev–Trinajstić information content (AvgIpc) is 3.11. The van der Waals surface area contributed by atoms with Crippen LogP contribution in [0.3, 0.4) is 0 Å². The van der Waals surface area contributed by atoms with Crippen LogP contribution < -0.4 is 5.32 Å². The lowest BCUT2D eigenvalue weighted by molar-refractivity contribution is 0.187. The van der Waals surface area contributed by atoms with Crippen molar-refractivity contribution < 1.29 is 8.42 Å². The Morgan fingerprint density at radius 1 is 1.43 bits per heavy atom. The second kappa shape index (κ2) is 5.65. The molecule has 1 saturated carbocycles. The van der Waals surface area contributed by atoms with Crippen LogP contribution in [0, 0.1) is 5.41 Å². The van der Waals surface area contributed by atoms with Gasteiger partial charge < -0.3 is 5.32 Å². The van der Waals surface area contributed by atoms with Gasteiger partial charge in [-0.15, -0.1) is 11.3 Å². The quantitative estimate of drug-likeness (QED) is 0.904. The Morgan fingerprint density at radius 3 is 2.86 bits per heavy atom. The predicted octanol–water partition coefficient (Wildman–Crippen LogP) is 2.81. The molecule has 0 spiro atoms. The lowest BCUT2D eigenvalue weighted by Crippen LogP contribution is -2.43. The van der Waals surface area contributed by atoms with E-state index < -0.39 is 10.0 Å². The Morgan fingerprint density at radius 2 is 2.19 bits per heavy atom. The highest BCUT2D eigenvalue weighted by atomic mass is 32.2. The zero-order chi connectivity index (χ0) is 15.1. The van der Waals surface area contributed by atoms with Crippen LogP contribution in [0.25, 0.3) is 0 Å². The van der Waals surface area contributed by atoms with E-state index in [0.717, 1.165) is 24.3 Å². The summed E-state index contributed by atoms with van der Waals surface area (Å²) in [5, 5.41) is 5.22. The van der Waals surface area contributed by atoms with E-state index in [0.29, 0.717) is 24.0 Å². The first-order chi connectivity index (χ1) is 9.87. The molecular weight excluding hydrogens is 304 g/mol. The van der Waals surface area contributed by atoms with E-state index in [2.05, 4.69) is 19.2 Å². The minimum atomic E-state index is -3.32. The monoisotopic (exact) mass is 328 g/mol. The van der Waals surface area contributed by atoms with E-state index in [1.807, 2.05) is 6.07 Å². The van der Waals surface area contributed by atoms with Gasteiger partial charge in [0.25, 0.3) is 0 Å². The van der Waals surface area contributed by atoms with Gasteiger partial charge in [-0.3, -0.25) is 0 Å². The maximum Gasteiger partial charge on any atom is 0.243 e. The summed E-state index contributed by atoms with van der Waals surface area (Å²) >= 11 is 1.54. The van der Waals surface area contributed by atoms with Crippen LogP contribution in [0.1, 0.15) is 44.4 Å². The maximum atomic E-state index is 12.8. The zero-order valence-electron chi connectivity index (χ0n) is 12.8. The number of thiophene rings is 1. The first kappa shape index (κ1) is 15.5. The zero-order valence-corrected chi connectivity index (χ0v) is 14.4. The molecule has 3 rings (SSSR count). The van der Waals surface area contributed by atoms with E-state index in [1.54, 1.807) is 21.0 Å². The van der Waals surface area contributed by atoms with E-state index >= 15 is 0 Å². The number of hydrogen-bond donors (Lipinski definition) is 1. The molecule has 2 fully saturated rings. The summed E-state index contributed by atoms with van der Waals surface area (Å²) in [6.07, 6.45) is 4.55. The maximum absolute atomic E-state index is 12.8. The Kier molecular flexibility index (Phi) is 4.16. The number of nitrogens with one attached hydrogen (secondary N) is 1. The van der Waals surface area contributed by atoms with Crippen molar-refractivity contribution in [2.24, 2.45) is 5.41 Å². The standard InChI is InChI=1S/C15H24N2O2S2/c1-15(2)6-3-7-17(11-15)21(18,19)14-8-13(20-10-14)9-16-12-4-5-12/h8,10,12,16H,3-7,9,11H2,1-2H3. The van der Waals surface area contributed by atoms with E-state index in [4.69, 9.17) is 0 Å². The molecule has 0 atom stereocenters. The van der Waals surface area contributed by atoms with Crippen molar-refractivity contribution >= 4 is 21.4 Å². The van der Waals surface area contributed by atoms with Crippen LogP contribution in [0.4, 0.5) is 0 Å². The average molecular weight is 329 g/mol. The molecule has 0 aromatic carbocycles. The van der Waals surface area contributed by atoms with Crippen molar-refractivity contribution in [3.05, 3.63) is 16.3 Å². The van der Waals surface area contributed by atoms with Gasteiger partial charge in [-0.25, -0.2) is 8.42 Å². The summed E-state index contributed by atoms with van der Waals surface area (Å²) in [5.41, 5.74) is 0.0811. The predicted molar refractivity (Wildman–Crippen MR) is 86.0 cm³/mol. The first-order valence-corrected chi connectivity index (χ1v) is 10.00. The molecule has 2 aliphatic rings. The second-order valence-corrected chi connectivity index (χ2v) is 9.94. The van der Waals surface area contributed by atoms with Gasteiger partial charge in [-0.05, 0) is 37.2 Å². The van der Waals surface area contributed by atoms with Crippen LogP contribution in [-0.2, 0) is 16.6 Å². The molecule has 2 heterocycles. The molecule has 118 valence electrons. The van der Waals surface area contributed by atoms with Crippen molar-refractivity contribution in [3.63, 3.8) is 0 Å². The third-order valence-electron chi connectivity index (χ3n) is 4.28. The SMILES string of the molecule is CC1(C)CCCN(S(=O)(=O)c2csc(CNC3CC3)c2)C1. The van der Waals surface area contributed by atoms with Crippen LogP contribution >= 0.6 is 11.3 Å². The van der Waals surface area contributed by atoms with Gasteiger partial charge in [0, 0.05) is 35.9 Å². The van der Waals surface area contributed by atoms with Gasteiger partial charge in [0.05, 0.1) is 4.90 Å². The van der Waals surface area contributed by atoms with E-state index in [1.165, 1.54) is 12.8 Å². The fourth-order valence-corrected chi connectivity index (χ4v) is 5.73. The van der Waals surface area contributed by atoms with E-state index in [9.17, 15) is 8.42 Å². The largest absolute Gasteiger partial charge is 0.309 e. The van der Waals surface area contributed by atoms with Crippen LogP contribution in [0.5, 0.6) is 0 Å². The molecule has 0 unspecified atom stereocenters. The molecule has 0 bridgehead atoms. The number of hydrogen-bond acceptors (Lipinski definition) is 4. The van der Waals surface area contributed by atoms with Gasteiger partial charge in [-0.2, -0.15) is 4.31 Å². The Hall–Kier alpha value is -0.430. The number of nitrogens with zero attached hydrogens (tertiary/aromatic N) is 1. The minimum Gasteiger partial charge on any atom is -0.309 e. The molecule has 21 heavy (non-hydrogen) atoms. The van der Waals surface area contributed by atoms with Crippen molar-refractivity contribution in [2.45, 2.75) is 57.0 Å². The molecular formula is C15H24N2O2S2. The summed E-state index contributed by atoms with van der Waals surface area (Å²) in [4.78, 5) is 1.58. The van der Waals surface area contributed by atoms with Gasteiger partial charge in [0.1, 0.15) is 0 Å². The Balaban J connectivity index is 1.71. The number of piperidine rings is 1. The highest BCUT2D eigenvalue weighted by Gasteiger charge is 2.34. The topological polar surface area (TPSA) is 49.4 Å². The van der Waals surface area contributed by atoms with Gasteiger partial charge >= 0.3 is 0 Å². The van der Waals surface area contributed by atoms with Crippen molar-refractivity contribution in [3.8, 4) is 0 Å². The molecule has 6 heteroatoms. The van der Waals surface area contributed by atoms with Crippen LogP contribution in [0.2, 0.25) is 0 Å². The highest BCUT2D eigenvalue weighted by molar-refractivity contribution is 7.89. The van der Waals surface area contributed by atoms with Crippen molar-refractivity contribution in [2.75, 3.05) is 13.1 Å². The van der Waals surface area contributed by atoms with Gasteiger partial charge in [0.15, 0.2) is 0 Å². The summed E-state index contributed by atoms with van der Waals surface area (Å²) < 4.78 is 27.2. The van der Waals surface area contributed by atoms with Crippen LogP contribution in [0.15, 0.2) is 16.3 Å². The highest BCUT2D eigenvalue weighted by Crippen LogP contribution is 2.33.